The van der Waals surface area contributed by atoms with Crippen LogP contribution in [0.5, 0.6) is 0 Å². The van der Waals surface area contributed by atoms with E-state index in [2.05, 4.69) is 36.0 Å². The topological polar surface area (TPSA) is 18.5 Å². The van der Waals surface area contributed by atoms with E-state index < -0.39 is 0 Å². The van der Waals surface area contributed by atoms with Crippen molar-refractivity contribution in [2.75, 3.05) is 40.3 Å². The van der Waals surface area contributed by atoms with E-state index in [1.54, 1.807) is 0 Å². The normalized spacial score (nSPS) is 23.2. The van der Waals surface area contributed by atoms with Gasteiger partial charge in [-0.25, -0.2) is 0 Å². The molecular weight excluding hydrogens is 186 g/mol. The number of likely N-dealkylation sites (N-methyl/N-ethyl adjacent to an activating group) is 1. The van der Waals surface area contributed by atoms with E-state index in [1.165, 1.54) is 32.5 Å². The van der Waals surface area contributed by atoms with E-state index in [-0.39, 0.29) is 0 Å². The monoisotopic (exact) mass is 213 g/mol. The highest BCUT2D eigenvalue weighted by atomic mass is 15.2. The Morgan fingerprint density at radius 2 is 2.20 bits per heavy atom. The summed E-state index contributed by atoms with van der Waals surface area (Å²) < 4.78 is 0. The minimum Gasteiger partial charge on any atom is -0.320 e. The predicted octanol–water partition coefficient (Wildman–Crippen LogP) is 1.01. The largest absolute Gasteiger partial charge is 0.320 e. The molecule has 0 aromatic carbocycles. The summed E-state index contributed by atoms with van der Waals surface area (Å²) in [4.78, 5) is 5.11. The molecule has 0 aromatic rings. The maximum atomic E-state index is 3.20. The van der Waals surface area contributed by atoms with Crippen LogP contribution < -0.4 is 5.32 Å². The molecule has 1 aliphatic heterocycles. The average molecular weight is 213 g/mol. The minimum absolute atomic E-state index is 0.709. The molecule has 0 aliphatic carbocycles. The molecular formula is C12H27N3. The third kappa shape index (κ3) is 4.09. The first-order valence-corrected chi connectivity index (χ1v) is 6.24. The second kappa shape index (κ2) is 6.46. The molecule has 1 saturated heterocycles. The van der Waals surface area contributed by atoms with Crippen LogP contribution >= 0.6 is 0 Å². The number of rotatable bonds is 6. The summed E-state index contributed by atoms with van der Waals surface area (Å²) in [6, 6.07) is 1.49. The van der Waals surface area contributed by atoms with Gasteiger partial charge in [-0.1, -0.05) is 0 Å². The molecule has 3 nitrogen and oxygen atoms in total. The lowest BCUT2D eigenvalue weighted by Crippen LogP contribution is -2.37. The van der Waals surface area contributed by atoms with Crippen molar-refractivity contribution in [3.05, 3.63) is 0 Å². The van der Waals surface area contributed by atoms with Crippen LogP contribution in [0.15, 0.2) is 0 Å². The first kappa shape index (κ1) is 12.9. The molecule has 1 fully saturated rings. The first-order valence-electron chi connectivity index (χ1n) is 6.24. The summed E-state index contributed by atoms with van der Waals surface area (Å²) in [5.41, 5.74) is 0. The second-order valence-electron chi connectivity index (χ2n) is 4.97. The van der Waals surface area contributed by atoms with Gasteiger partial charge in [-0.05, 0) is 53.9 Å². The van der Waals surface area contributed by atoms with Crippen LogP contribution in [0.2, 0.25) is 0 Å². The Morgan fingerprint density at radius 1 is 1.47 bits per heavy atom. The van der Waals surface area contributed by atoms with Gasteiger partial charge in [0, 0.05) is 25.2 Å². The predicted molar refractivity (Wildman–Crippen MR) is 66.3 cm³/mol. The van der Waals surface area contributed by atoms with E-state index in [4.69, 9.17) is 0 Å². The molecule has 15 heavy (non-hydrogen) atoms. The summed E-state index contributed by atoms with van der Waals surface area (Å²) in [7, 11) is 4.29. The van der Waals surface area contributed by atoms with Crippen LogP contribution in [-0.2, 0) is 0 Å². The molecule has 0 radical (unpaired) electrons. The standard InChI is InChI=1S/C12H27N3/c1-11(2)15-9-6-12(10-15)14(4)8-5-7-13-3/h11-13H,5-10H2,1-4H3. The molecule has 0 amide bonds. The summed E-state index contributed by atoms with van der Waals surface area (Å²) >= 11 is 0. The van der Waals surface area contributed by atoms with Crippen LogP contribution in [0, 0.1) is 0 Å². The van der Waals surface area contributed by atoms with Gasteiger partial charge in [-0.15, -0.1) is 0 Å². The first-order chi connectivity index (χ1) is 7.15. The van der Waals surface area contributed by atoms with Crippen molar-refractivity contribution in [1.29, 1.82) is 0 Å². The van der Waals surface area contributed by atoms with E-state index in [0.29, 0.717) is 6.04 Å². The highest BCUT2D eigenvalue weighted by Crippen LogP contribution is 2.16. The molecule has 90 valence electrons. The fourth-order valence-electron chi connectivity index (χ4n) is 2.28. The molecule has 1 aliphatic rings. The Hall–Kier alpha value is -0.120. The van der Waals surface area contributed by atoms with Crippen molar-refractivity contribution < 1.29 is 0 Å². The van der Waals surface area contributed by atoms with Gasteiger partial charge in [0.1, 0.15) is 0 Å². The molecule has 1 atom stereocenters. The Labute approximate surface area is 94.8 Å². The fraction of sp³-hybridized carbons (Fsp3) is 1.00. The van der Waals surface area contributed by atoms with Gasteiger partial charge < -0.3 is 10.2 Å². The van der Waals surface area contributed by atoms with Gasteiger partial charge in [0.15, 0.2) is 0 Å². The SMILES string of the molecule is CNCCCN(C)C1CCN(C(C)C)C1. The summed E-state index contributed by atoms with van der Waals surface area (Å²) in [6.45, 7) is 9.47. The molecule has 0 saturated carbocycles. The van der Waals surface area contributed by atoms with Crippen molar-refractivity contribution in [2.24, 2.45) is 0 Å². The number of nitrogens with one attached hydrogen (secondary N) is 1. The second-order valence-corrected chi connectivity index (χ2v) is 4.97. The van der Waals surface area contributed by atoms with Gasteiger partial charge in [-0.2, -0.15) is 0 Å². The fourth-order valence-corrected chi connectivity index (χ4v) is 2.28. The third-order valence-corrected chi connectivity index (χ3v) is 3.49. The maximum absolute atomic E-state index is 3.20. The van der Waals surface area contributed by atoms with E-state index in [9.17, 15) is 0 Å². The Balaban J connectivity index is 2.21. The molecule has 1 rings (SSSR count). The van der Waals surface area contributed by atoms with Crippen molar-refractivity contribution in [1.82, 2.24) is 15.1 Å². The number of hydrogen-bond donors (Lipinski definition) is 1. The molecule has 0 aromatic heterocycles. The summed E-state index contributed by atoms with van der Waals surface area (Å²) in [5, 5.41) is 3.20. The van der Waals surface area contributed by atoms with E-state index in [1.807, 2.05) is 7.05 Å². The van der Waals surface area contributed by atoms with E-state index >= 15 is 0 Å². The highest BCUT2D eigenvalue weighted by molar-refractivity contribution is 4.83. The van der Waals surface area contributed by atoms with Crippen molar-refractivity contribution in [2.45, 2.75) is 38.8 Å². The zero-order chi connectivity index (χ0) is 11.3. The Bertz CT molecular complexity index is 170. The lowest BCUT2D eigenvalue weighted by Gasteiger charge is -2.26. The minimum atomic E-state index is 0.709. The van der Waals surface area contributed by atoms with Crippen LogP contribution in [0.25, 0.3) is 0 Å². The molecule has 3 heteroatoms. The Kier molecular flexibility index (Phi) is 5.58. The molecule has 1 N–H and O–H groups in total. The lowest BCUT2D eigenvalue weighted by atomic mass is 10.2. The smallest absolute Gasteiger partial charge is 0.0232 e. The highest BCUT2D eigenvalue weighted by Gasteiger charge is 2.26. The number of hydrogen-bond acceptors (Lipinski definition) is 3. The Morgan fingerprint density at radius 3 is 2.73 bits per heavy atom. The van der Waals surface area contributed by atoms with Crippen LogP contribution in [0.3, 0.4) is 0 Å². The third-order valence-electron chi connectivity index (χ3n) is 3.49. The van der Waals surface area contributed by atoms with Crippen molar-refractivity contribution >= 4 is 0 Å². The molecule has 1 heterocycles. The number of likely N-dealkylation sites (tertiary alicyclic amines) is 1. The summed E-state index contributed by atoms with van der Waals surface area (Å²) in [5.74, 6) is 0. The van der Waals surface area contributed by atoms with Gasteiger partial charge >= 0.3 is 0 Å². The zero-order valence-electron chi connectivity index (χ0n) is 10.8. The quantitative estimate of drug-likeness (QED) is 0.664. The molecule has 1 unspecified atom stereocenters. The van der Waals surface area contributed by atoms with Gasteiger partial charge in [0.25, 0.3) is 0 Å². The van der Waals surface area contributed by atoms with Gasteiger partial charge in [-0.3, -0.25) is 4.90 Å². The number of nitrogens with zero attached hydrogens (tertiary/aromatic N) is 2. The van der Waals surface area contributed by atoms with Crippen molar-refractivity contribution in [3.8, 4) is 0 Å². The maximum Gasteiger partial charge on any atom is 0.0232 e. The van der Waals surface area contributed by atoms with Crippen molar-refractivity contribution in [3.63, 3.8) is 0 Å². The zero-order valence-corrected chi connectivity index (χ0v) is 10.8. The summed E-state index contributed by atoms with van der Waals surface area (Å²) in [6.07, 6.45) is 2.60. The average Bonchev–Trinajstić information content (AvgIpc) is 2.66. The van der Waals surface area contributed by atoms with Crippen LogP contribution in [-0.4, -0.2) is 62.2 Å². The van der Waals surface area contributed by atoms with E-state index in [0.717, 1.165) is 12.6 Å². The molecule has 0 bridgehead atoms. The van der Waals surface area contributed by atoms with Crippen LogP contribution in [0.1, 0.15) is 26.7 Å². The van der Waals surface area contributed by atoms with Gasteiger partial charge in [0.05, 0.1) is 0 Å². The van der Waals surface area contributed by atoms with Crippen LogP contribution in [0.4, 0.5) is 0 Å². The lowest BCUT2D eigenvalue weighted by molar-refractivity contribution is 0.212. The molecule has 0 spiro atoms. The van der Waals surface area contributed by atoms with Gasteiger partial charge in [0.2, 0.25) is 0 Å².